The molecule has 1 amide bonds. The summed E-state index contributed by atoms with van der Waals surface area (Å²) in [5.74, 6) is -0.642. The van der Waals surface area contributed by atoms with Crippen molar-refractivity contribution in [2.45, 2.75) is 60.1 Å². The summed E-state index contributed by atoms with van der Waals surface area (Å²) in [7, 11) is 1.40. The van der Waals surface area contributed by atoms with E-state index in [0.717, 1.165) is 41.8 Å². The van der Waals surface area contributed by atoms with Gasteiger partial charge in [-0.05, 0) is 62.4 Å². The van der Waals surface area contributed by atoms with Crippen molar-refractivity contribution >= 4 is 22.9 Å². The lowest BCUT2D eigenvalue weighted by Gasteiger charge is -2.26. The molecular weight excluding hydrogens is 476 g/mol. The van der Waals surface area contributed by atoms with Gasteiger partial charge in [-0.1, -0.05) is 31.6 Å². The standard InChI is InChI=1S/C29H37F2N3O3/c1-7-18(4)17-34(24-11-10-20(12-19(24)5)21-13-22(8-2)33-16-21)23-14-25(36-6)27(28(35)32-9-3)26(15-23)37-29(30)31/h10-15,17,22,29,33H,7-9,16H2,1-6H3,(H,32,35)/b18-17-. The molecule has 6 nitrogen and oxygen atoms in total. The number of aryl methyl sites for hydroxylation is 1. The van der Waals surface area contributed by atoms with E-state index in [2.05, 4.69) is 35.8 Å². The van der Waals surface area contributed by atoms with Crippen LogP contribution >= 0.6 is 0 Å². The van der Waals surface area contributed by atoms with Crippen LogP contribution in [0.2, 0.25) is 0 Å². The summed E-state index contributed by atoms with van der Waals surface area (Å²) in [6, 6.07) is 9.76. The van der Waals surface area contributed by atoms with Crippen molar-refractivity contribution < 1.29 is 23.0 Å². The van der Waals surface area contributed by atoms with Gasteiger partial charge in [-0.2, -0.15) is 8.78 Å². The number of ether oxygens (including phenoxy) is 2. The fourth-order valence-electron chi connectivity index (χ4n) is 4.32. The van der Waals surface area contributed by atoms with Crippen molar-refractivity contribution in [2.75, 3.05) is 25.1 Å². The number of hydrogen-bond acceptors (Lipinski definition) is 5. The molecule has 1 heterocycles. The largest absolute Gasteiger partial charge is 0.496 e. The molecule has 8 heteroatoms. The van der Waals surface area contributed by atoms with Gasteiger partial charge in [-0.25, -0.2) is 0 Å². The fourth-order valence-corrected chi connectivity index (χ4v) is 4.32. The summed E-state index contributed by atoms with van der Waals surface area (Å²) in [5.41, 5.74) is 5.85. The van der Waals surface area contributed by atoms with Gasteiger partial charge in [0.15, 0.2) is 0 Å². The number of carbonyl (C=O) groups is 1. The van der Waals surface area contributed by atoms with Gasteiger partial charge >= 0.3 is 6.61 Å². The van der Waals surface area contributed by atoms with Crippen LogP contribution in [0.3, 0.4) is 0 Å². The molecular formula is C29H37F2N3O3. The van der Waals surface area contributed by atoms with Crippen LogP contribution < -0.4 is 25.0 Å². The Balaban J connectivity index is 2.16. The molecule has 0 radical (unpaired) electrons. The van der Waals surface area contributed by atoms with Crippen LogP contribution in [0.25, 0.3) is 5.57 Å². The van der Waals surface area contributed by atoms with Gasteiger partial charge in [0.1, 0.15) is 17.1 Å². The van der Waals surface area contributed by atoms with Crippen molar-refractivity contribution in [1.29, 1.82) is 0 Å². The van der Waals surface area contributed by atoms with Crippen LogP contribution in [-0.4, -0.2) is 38.8 Å². The van der Waals surface area contributed by atoms with E-state index in [1.54, 1.807) is 13.0 Å². The maximum atomic E-state index is 13.4. The van der Waals surface area contributed by atoms with E-state index in [0.29, 0.717) is 18.3 Å². The van der Waals surface area contributed by atoms with E-state index in [1.165, 1.54) is 18.7 Å². The van der Waals surface area contributed by atoms with Gasteiger partial charge in [0.25, 0.3) is 5.91 Å². The van der Waals surface area contributed by atoms with E-state index < -0.39 is 12.5 Å². The molecule has 1 aliphatic rings. The smallest absolute Gasteiger partial charge is 0.387 e. The zero-order valence-corrected chi connectivity index (χ0v) is 22.5. The number of methoxy groups -OCH3 is 1. The van der Waals surface area contributed by atoms with Gasteiger partial charge in [0, 0.05) is 43.2 Å². The Kier molecular flexibility index (Phi) is 9.69. The third-order valence-corrected chi connectivity index (χ3v) is 6.46. The number of benzene rings is 2. The number of hydrogen-bond donors (Lipinski definition) is 2. The molecule has 0 aliphatic carbocycles. The van der Waals surface area contributed by atoms with Crippen molar-refractivity contribution in [3.8, 4) is 11.5 Å². The maximum Gasteiger partial charge on any atom is 0.387 e. The Morgan fingerprint density at radius 1 is 1.22 bits per heavy atom. The molecule has 0 spiro atoms. The molecule has 0 aromatic heterocycles. The predicted molar refractivity (Wildman–Crippen MR) is 145 cm³/mol. The second-order valence-electron chi connectivity index (χ2n) is 9.05. The first-order valence-corrected chi connectivity index (χ1v) is 12.7. The molecule has 2 aromatic rings. The number of carbonyl (C=O) groups excluding carboxylic acids is 1. The van der Waals surface area contributed by atoms with Gasteiger partial charge in [0.2, 0.25) is 0 Å². The van der Waals surface area contributed by atoms with E-state index in [1.807, 2.05) is 37.9 Å². The number of halogens is 2. The van der Waals surface area contributed by atoms with Crippen LogP contribution in [0.4, 0.5) is 20.2 Å². The summed E-state index contributed by atoms with van der Waals surface area (Å²) in [6.45, 7) is 8.04. The second-order valence-corrected chi connectivity index (χ2v) is 9.05. The minimum atomic E-state index is -3.10. The van der Waals surface area contributed by atoms with Crippen LogP contribution in [0.15, 0.2) is 48.2 Å². The van der Waals surface area contributed by atoms with E-state index in [9.17, 15) is 13.6 Å². The SMILES string of the molecule is CCNC(=O)c1c(OC)cc(N(/C=C(/C)CC)c2ccc(C3=CC(CC)NC3)cc2C)cc1OC(F)F. The number of rotatable bonds is 11. The number of anilines is 2. The molecule has 1 aliphatic heterocycles. The minimum absolute atomic E-state index is 0.0669. The van der Waals surface area contributed by atoms with Crippen LogP contribution in [0, 0.1) is 6.92 Å². The third kappa shape index (κ3) is 6.68. The molecule has 37 heavy (non-hydrogen) atoms. The lowest BCUT2D eigenvalue weighted by atomic mass is 10.0. The third-order valence-electron chi connectivity index (χ3n) is 6.46. The molecule has 2 aromatic carbocycles. The summed E-state index contributed by atoms with van der Waals surface area (Å²) in [4.78, 5) is 14.6. The number of amides is 1. The summed E-state index contributed by atoms with van der Waals surface area (Å²) >= 11 is 0. The van der Waals surface area contributed by atoms with Gasteiger partial charge in [-0.3, -0.25) is 4.79 Å². The van der Waals surface area contributed by atoms with Crippen molar-refractivity contribution in [2.24, 2.45) is 0 Å². The van der Waals surface area contributed by atoms with E-state index >= 15 is 0 Å². The Bertz CT molecular complexity index is 1180. The van der Waals surface area contributed by atoms with Crippen LogP contribution in [0.5, 0.6) is 11.5 Å². The van der Waals surface area contributed by atoms with Gasteiger partial charge < -0.3 is 25.0 Å². The monoisotopic (exact) mass is 513 g/mol. The quantitative estimate of drug-likeness (QED) is 0.356. The maximum absolute atomic E-state index is 13.4. The molecule has 1 unspecified atom stereocenters. The van der Waals surface area contributed by atoms with Gasteiger partial charge in [-0.15, -0.1) is 0 Å². The predicted octanol–water partition coefficient (Wildman–Crippen LogP) is 6.57. The average Bonchev–Trinajstić information content (AvgIpc) is 3.36. The van der Waals surface area contributed by atoms with E-state index in [-0.39, 0.29) is 17.1 Å². The Morgan fingerprint density at radius 2 is 1.95 bits per heavy atom. The number of nitrogens with zero attached hydrogens (tertiary/aromatic N) is 1. The first-order valence-electron chi connectivity index (χ1n) is 12.7. The molecule has 0 saturated heterocycles. The van der Waals surface area contributed by atoms with Crippen molar-refractivity contribution in [3.63, 3.8) is 0 Å². The van der Waals surface area contributed by atoms with Crippen LogP contribution in [-0.2, 0) is 0 Å². The topological polar surface area (TPSA) is 62.8 Å². The summed E-state index contributed by atoms with van der Waals surface area (Å²) in [6.07, 6.45) is 6.08. The van der Waals surface area contributed by atoms with Gasteiger partial charge in [0.05, 0.1) is 12.8 Å². The number of allylic oxidation sites excluding steroid dienone is 1. The number of nitrogens with one attached hydrogen (secondary N) is 2. The highest BCUT2D eigenvalue weighted by Crippen LogP contribution is 2.40. The molecule has 1 atom stereocenters. The zero-order valence-electron chi connectivity index (χ0n) is 22.5. The average molecular weight is 514 g/mol. The molecule has 0 saturated carbocycles. The lowest BCUT2D eigenvalue weighted by molar-refractivity contribution is -0.0502. The first-order chi connectivity index (χ1) is 17.7. The normalized spacial score (nSPS) is 15.5. The molecule has 0 fully saturated rings. The Labute approximate surface area is 218 Å². The summed E-state index contributed by atoms with van der Waals surface area (Å²) < 4.78 is 37.1. The molecule has 2 N–H and O–H groups in total. The highest BCUT2D eigenvalue weighted by molar-refractivity contribution is 6.00. The van der Waals surface area contributed by atoms with E-state index in [4.69, 9.17) is 9.47 Å². The lowest BCUT2D eigenvalue weighted by Crippen LogP contribution is -2.25. The molecule has 200 valence electrons. The van der Waals surface area contributed by atoms with Crippen molar-refractivity contribution in [3.05, 3.63) is 64.9 Å². The zero-order chi connectivity index (χ0) is 27.1. The minimum Gasteiger partial charge on any atom is -0.496 e. The molecule has 0 bridgehead atoms. The highest BCUT2D eigenvalue weighted by Gasteiger charge is 2.25. The first kappa shape index (κ1) is 28.2. The Morgan fingerprint density at radius 3 is 2.51 bits per heavy atom. The highest BCUT2D eigenvalue weighted by atomic mass is 19.3. The fraction of sp³-hybridized carbons (Fsp3) is 0.414. The van der Waals surface area contributed by atoms with Crippen molar-refractivity contribution in [1.82, 2.24) is 10.6 Å². The summed E-state index contributed by atoms with van der Waals surface area (Å²) in [5, 5.41) is 6.14. The Hall–Kier alpha value is -3.39. The second kappa shape index (κ2) is 12.7. The number of alkyl halides is 2. The molecule has 3 rings (SSSR count). The van der Waals surface area contributed by atoms with Crippen LogP contribution in [0.1, 0.15) is 62.0 Å².